The van der Waals surface area contributed by atoms with Gasteiger partial charge >= 0.3 is 5.97 Å². The van der Waals surface area contributed by atoms with Crippen LogP contribution in [0.15, 0.2) is 12.3 Å². The van der Waals surface area contributed by atoms with Crippen LogP contribution in [0.4, 0.5) is 0 Å². The molecule has 0 aliphatic carbocycles. The number of allylic oxidation sites excluding steroid dienone is 1. The largest absolute Gasteiger partial charge is 0.435 e. The molecule has 0 saturated heterocycles. The fraction of sp³-hybridized carbons (Fsp3) is 0.824. The minimum Gasteiger partial charge on any atom is -0.435 e. The van der Waals surface area contributed by atoms with E-state index in [1.165, 1.54) is 71.0 Å². The molecule has 0 amide bonds. The van der Waals surface area contributed by atoms with Crippen molar-refractivity contribution in [3.8, 4) is 0 Å². The molecule has 19 heavy (non-hydrogen) atoms. The molecule has 2 heteroatoms. The van der Waals surface area contributed by atoms with Crippen molar-refractivity contribution in [2.45, 2.75) is 85.0 Å². The van der Waals surface area contributed by atoms with Gasteiger partial charge in [0.1, 0.15) is 0 Å². The Morgan fingerprint density at radius 2 is 1.68 bits per heavy atom. The zero-order chi connectivity index (χ0) is 14.3. The number of carbonyl (C=O) groups is 1. The maximum Gasteiger partial charge on any atom is 0.307 e. The maximum absolute atomic E-state index is 10.5. The van der Waals surface area contributed by atoms with Crippen LogP contribution in [-0.2, 0) is 9.53 Å². The molecule has 0 heterocycles. The first-order valence-corrected chi connectivity index (χ1v) is 7.99. The van der Waals surface area contributed by atoms with Gasteiger partial charge in [0.25, 0.3) is 0 Å². The lowest BCUT2D eigenvalue weighted by molar-refractivity contribution is -0.135. The van der Waals surface area contributed by atoms with Gasteiger partial charge in [0.05, 0.1) is 6.26 Å². The predicted octanol–water partition coefficient (Wildman–Crippen LogP) is 5.62. The Bertz CT molecular complexity index is 233. The standard InChI is InChI=1S/C17H32O2/c1-4-5-6-7-10-13-16(2)14-11-8-9-12-15-19-17(3)18/h12,15-16H,4-11,13-14H2,1-3H3/b15-12-. The Balaban J connectivity index is 3.26. The molecule has 1 atom stereocenters. The Kier molecular flexibility index (Phi) is 13.1. The van der Waals surface area contributed by atoms with Gasteiger partial charge in [-0.15, -0.1) is 0 Å². The minimum absolute atomic E-state index is 0.243. The zero-order valence-electron chi connectivity index (χ0n) is 13.1. The predicted molar refractivity (Wildman–Crippen MR) is 81.9 cm³/mol. The topological polar surface area (TPSA) is 26.3 Å². The van der Waals surface area contributed by atoms with Gasteiger partial charge in [-0.05, 0) is 24.8 Å². The SMILES string of the molecule is CCCCCCCC(C)CCCC/C=C\OC(C)=O. The first kappa shape index (κ1) is 18.2. The third-order valence-corrected chi connectivity index (χ3v) is 3.45. The van der Waals surface area contributed by atoms with Crippen LogP contribution >= 0.6 is 0 Å². The number of carbonyl (C=O) groups excluding carboxylic acids is 1. The summed E-state index contributed by atoms with van der Waals surface area (Å²) in [6.45, 7) is 6.06. The molecule has 0 radical (unpaired) electrons. The lowest BCUT2D eigenvalue weighted by atomic mass is 9.96. The van der Waals surface area contributed by atoms with E-state index in [4.69, 9.17) is 4.74 Å². The Morgan fingerprint density at radius 3 is 2.32 bits per heavy atom. The van der Waals surface area contributed by atoms with E-state index in [-0.39, 0.29) is 5.97 Å². The van der Waals surface area contributed by atoms with E-state index in [9.17, 15) is 4.79 Å². The molecule has 0 spiro atoms. The van der Waals surface area contributed by atoms with Crippen molar-refractivity contribution < 1.29 is 9.53 Å². The van der Waals surface area contributed by atoms with Crippen molar-refractivity contribution in [2.24, 2.45) is 5.92 Å². The number of hydrogen-bond acceptors (Lipinski definition) is 2. The van der Waals surface area contributed by atoms with E-state index in [0.29, 0.717) is 0 Å². The highest BCUT2D eigenvalue weighted by Crippen LogP contribution is 2.17. The normalized spacial score (nSPS) is 12.8. The summed E-state index contributed by atoms with van der Waals surface area (Å²) in [7, 11) is 0. The molecule has 0 aromatic heterocycles. The van der Waals surface area contributed by atoms with E-state index in [0.717, 1.165) is 12.3 Å². The number of hydrogen-bond donors (Lipinski definition) is 0. The van der Waals surface area contributed by atoms with Gasteiger partial charge in [-0.3, -0.25) is 4.79 Å². The van der Waals surface area contributed by atoms with Crippen LogP contribution in [0.25, 0.3) is 0 Å². The fourth-order valence-corrected chi connectivity index (χ4v) is 2.21. The molecule has 1 unspecified atom stereocenters. The van der Waals surface area contributed by atoms with Gasteiger partial charge in [-0.25, -0.2) is 0 Å². The van der Waals surface area contributed by atoms with Gasteiger partial charge in [0, 0.05) is 6.92 Å². The highest BCUT2D eigenvalue weighted by atomic mass is 16.5. The summed E-state index contributed by atoms with van der Waals surface area (Å²) in [6.07, 6.45) is 16.6. The molecule has 0 N–H and O–H groups in total. The molecule has 0 aromatic rings. The number of esters is 1. The summed E-state index contributed by atoms with van der Waals surface area (Å²) in [4.78, 5) is 10.5. The van der Waals surface area contributed by atoms with Crippen LogP contribution in [0, 0.1) is 5.92 Å². The van der Waals surface area contributed by atoms with Crippen LogP contribution in [0.5, 0.6) is 0 Å². The molecule has 0 fully saturated rings. The first-order valence-electron chi connectivity index (χ1n) is 7.99. The Labute approximate surface area is 119 Å². The van der Waals surface area contributed by atoms with E-state index < -0.39 is 0 Å². The molecule has 0 aliphatic rings. The summed E-state index contributed by atoms with van der Waals surface area (Å²) in [6, 6.07) is 0. The van der Waals surface area contributed by atoms with Crippen LogP contribution < -0.4 is 0 Å². The van der Waals surface area contributed by atoms with Crippen molar-refractivity contribution in [2.75, 3.05) is 0 Å². The van der Waals surface area contributed by atoms with Crippen molar-refractivity contribution in [1.29, 1.82) is 0 Å². The molecule has 0 aliphatic heterocycles. The fourth-order valence-electron chi connectivity index (χ4n) is 2.21. The molecule has 0 saturated carbocycles. The van der Waals surface area contributed by atoms with Crippen molar-refractivity contribution >= 4 is 5.97 Å². The van der Waals surface area contributed by atoms with Crippen molar-refractivity contribution in [3.63, 3.8) is 0 Å². The highest BCUT2D eigenvalue weighted by molar-refractivity contribution is 5.66. The average molecular weight is 268 g/mol. The monoisotopic (exact) mass is 268 g/mol. The van der Waals surface area contributed by atoms with Gasteiger partial charge in [0.15, 0.2) is 0 Å². The molecule has 112 valence electrons. The molecule has 0 bridgehead atoms. The van der Waals surface area contributed by atoms with E-state index in [2.05, 4.69) is 13.8 Å². The molecule has 2 nitrogen and oxygen atoms in total. The lowest BCUT2D eigenvalue weighted by Crippen LogP contribution is -1.95. The summed E-state index contributed by atoms with van der Waals surface area (Å²) in [5.74, 6) is 0.618. The van der Waals surface area contributed by atoms with Gasteiger partial charge in [0.2, 0.25) is 0 Å². The Morgan fingerprint density at radius 1 is 1.05 bits per heavy atom. The number of unbranched alkanes of at least 4 members (excludes halogenated alkanes) is 6. The van der Waals surface area contributed by atoms with Gasteiger partial charge in [-0.2, -0.15) is 0 Å². The van der Waals surface area contributed by atoms with Crippen LogP contribution in [0.1, 0.15) is 85.0 Å². The number of rotatable bonds is 12. The van der Waals surface area contributed by atoms with Crippen LogP contribution in [-0.4, -0.2) is 5.97 Å². The quantitative estimate of drug-likeness (QED) is 0.261. The molecule has 0 aromatic carbocycles. The molecule has 0 rings (SSSR count). The van der Waals surface area contributed by atoms with E-state index in [1.54, 1.807) is 0 Å². The summed E-state index contributed by atoms with van der Waals surface area (Å²) >= 11 is 0. The molecular weight excluding hydrogens is 236 g/mol. The van der Waals surface area contributed by atoms with Crippen LogP contribution in [0.2, 0.25) is 0 Å². The second-order valence-corrected chi connectivity index (χ2v) is 5.57. The van der Waals surface area contributed by atoms with Crippen LogP contribution in [0.3, 0.4) is 0 Å². The van der Waals surface area contributed by atoms with Crippen molar-refractivity contribution in [1.82, 2.24) is 0 Å². The average Bonchev–Trinajstić information content (AvgIpc) is 2.37. The third kappa shape index (κ3) is 15.2. The summed E-state index contributed by atoms with van der Waals surface area (Å²) < 4.78 is 4.74. The first-order chi connectivity index (χ1) is 9.16. The highest BCUT2D eigenvalue weighted by Gasteiger charge is 2.01. The minimum atomic E-state index is -0.243. The second kappa shape index (κ2) is 13.6. The summed E-state index contributed by atoms with van der Waals surface area (Å²) in [5.41, 5.74) is 0. The third-order valence-electron chi connectivity index (χ3n) is 3.45. The zero-order valence-corrected chi connectivity index (χ0v) is 13.1. The molecular formula is C17H32O2. The lowest BCUT2D eigenvalue weighted by Gasteiger charge is -2.10. The Hall–Kier alpha value is -0.790. The van der Waals surface area contributed by atoms with E-state index >= 15 is 0 Å². The van der Waals surface area contributed by atoms with Gasteiger partial charge < -0.3 is 4.74 Å². The van der Waals surface area contributed by atoms with Gasteiger partial charge in [-0.1, -0.05) is 65.2 Å². The second-order valence-electron chi connectivity index (χ2n) is 5.57. The van der Waals surface area contributed by atoms with Crippen molar-refractivity contribution in [3.05, 3.63) is 12.3 Å². The smallest absolute Gasteiger partial charge is 0.307 e. The maximum atomic E-state index is 10.5. The number of ether oxygens (including phenoxy) is 1. The van der Waals surface area contributed by atoms with E-state index in [1.807, 2.05) is 6.08 Å². The summed E-state index contributed by atoms with van der Waals surface area (Å²) in [5, 5.41) is 0.